The SMILES string of the molecule is COc1ccccc1CNC(=O)CN1C2CCC1CC(O)(c1ccco1)C2. The summed E-state index contributed by atoms with van der Waals surface area (Å²) in [7, 11) is 1.63. The predicted octanol–water partition coefficient (Wildman–Crippen LogP) is 2.42. The number of para-hydroxylation sites is 1. The van der Waals surface area contributed by atoms with E-state index < -0.39 is 5.60 Å². The summed E-state index contributed by atoms with van der Waals surface area (Å²) in [5.74, 6) is 1.42. The molecule has 2 N–H and O–H groups in total. The van der Waals surface area contributed by atoms with E-state index in [0.29, 0.717) is 31.7 Å². The lowest BCUT2D eigenvalue weighted by atomic mass is 9.84. The van der Waals surface area contributed by atoms with Crippen LogP contribution in [-0.4, -0.2) is 41.7 Å². The smallest absolute Gasteiger partial charge is 0.234 e. The van der Waals surface area contributed by atoms with Crippen molar-refractivity contribution in [3.8, 4) is 5.75 Å². The number of ether oxygens (including phenoxy) is 1. The molecule has 6 nitrogen and oxygen atoms in total. The van der Waals surface area contributed by atoms with Gasteiger partial charge < -0.3 is 19.6 Å². The van der Waals surface area contributed by atoms with Gasteiger partial charge in [0.1, 0.15) is 17.1 Å². The zero-order valence-electron chi connectivity index (χ0n) is 15.6. The van der Waals surface area contributed by atoms with Gasteiger partial charge in [-0.05, 0) is 43.9 Å². The second-order valence-corrected chi connectivity index (χ2v) is 7.56. The quantitative estimate of drug-likeness (QED) is 0.817. The zero-order chi connectivity index (χ0) is 18.9. The van der Waals surface area contributed by atoms with Gasteiger partial charge in [-0.3, -0.25) is 9.69 Å². The minimum Gasteiger partial charge on any atom is -0.496 e. The number of piperidine rings is 1. The van der Waals surface area contributed by atoms with Gasteiger partial charge >= 0.3 is 0 Å². The number of hydrogen-bond acceptors (Lipinski definition) is 5. The molecular weight excluding hydrogens is 344 g/mol. The van der Waals surface area contributed by atoms with Gasteiger partial charge in [-0.1, -0.05) is 18.2 Å². The fourth-order valence-electron chi connectivity index (χ4n) is 4.58. The minimum atomic E-state index is -0.917. The summed E-state index contributed by atoms with van der Waals surface area (Å²) in [4.78, 5) is 14.8. The number of rotatable bonds is 6. The maximum atomic E-state index is 12.5. The summed E-state index contributed by atoms with van der Waals surface area (Å²) in [6, 6.07) is 11.8. The Balaban J connectivity index is 1.36. The van der Waals surface area contributed by atoms with Crippen molar-refractivity contribution >= 4 is 5.91 Å². The molecule has 6 heteroatoms. The first-order valence-corrected chi connectivity index (χ1v) is 9.50. The number of carbonyl (C=O) groups excluding carboxylic acids is 1. The number of benzene rings is 1. The van der Waals surface area contributed by atoms with Crippen LogP contribution >= 0.6 is 0 Å². The van der Waals surface area contributed by atoms with E-state index in [-0.39, 0.29) is 18.0 Å². The fourth-order valence-corrected chi connectivity index (χ4v) is 4.58. The number of carbonyl (C=O) groups is 1. The zero-order valence-corrected chi connectivity index (χ0v) is 15.6. The maximum absolute atomic E-state index is 12.5. The third-order valence-corrected chi connectivity index (χ3v) is 5.89. The number of amides is 1. The second kappa shape index (κ2) is 7.37. The Bertz CT molecular complexity index is 775. The van der Waals surface area contributed by atoms with Crippen LogP contribution in [0.25, 0.3) is 0 Å². The number of hydrogen-bond donors (Lipinski definition) is 2. The Hall–Kier alpha value is -2.31. The first kappa shape index (κ1) is 18.1. The van der Waals surface area contributed by atoms with E-state index in [2.05, 4.69) is 10.2 Å². The number of aliphatic hydroxyl groups is 1. The molecule has 2 aliphatic rings. The Morgan fingerprint density at radius 2 is 2.00 bits per heavy atom. The minimum absolute atomic E-state index is 0.00115. The van der Waals surface area contributed by atoms with E-state index in [0.717, 1.165) is 24.2 Å². The van der Waals surface area contributed by atoms with E-state index in [1.165, 1.54) is 0 Å². The van der Waals surface area contributed by atoms with E-state index in [1.807, 2.05) is 36.4 Å². The van der Waals surface area contributed by atoms with E-state index in [9.17, 15) is 9.90 Å². The molecule has 2 aliphatic heterocycles. The van der Waals surface area contributed by atoms with Crippen LogP contribution < -0.4 is 10.1 Å². The van der Waals surface area contributed by atoms with Crippen molar-refractivity contribution in [3.05, 3.63) is 54.0 Å². The summed E-state index contributed by atoms with van der Waals surface area (Å²) in [6.45, 7) is 0.807. The van der Waals surface area contributed by atoms with Gasteiger partial charge in [0.2, 0.25) is 5.91 Å². The molecule has 0 radical (unpaired) electrons. The van der Waals surface area contributed by atoms with Gasteiger partial charge in [0.15, 0.2) is 0 Å². The van der Waals surface area contributed by atoms with E-state index in [4.69, 9.17) is 9.15 Å². The van der Waals surface area contributed by atoms with Gasteiger partial charge in [0, 0.05) is 24.2 Å². The maximum Gasteiger partial charge on any atom is 0.234 e. The summed E-state index contributed by atoms with van der Waals surface area (Å²) in [6.07, 6.45) is 4.83. The molecule has 1 aromatic heterocycles. The number of fused-ring (bicyclic) bond motifs is 2. The number of methoxy groups -OCH3 is 1. The van der Waals surface area contributed by atoms with Crippen LogP contribution in [0.3, 0.4) is 0 Å². The molecule has 0 aliphatic carbocycles. The number of nitrogens with zero attached hydrogens (tertiary/aromatic N) is 1. The summed E-state index contributed by atoms with van der Waals surface area (Å²) < 4.78 is 10.8. The second-order valence-electron chi connectivity index (χ2n) is 7.56. The van der Waals surface area contributed by atoms with Crippen molar-refractivity contribution in [2.24, 2.45) is 0 Å². The van der Waals surface area contributed by atoms with Crippen LogP contribution in [0.4, 0.5) is 0 Å². The van der Waals surface area contributed by atoms with Crippen LogP contribution in [0.1, 0.15) is 37.0 Å². The van der Waals surface area contributed by atoms with Crippen LogP contribution in [-0.2, 0) is 16.9 Å². The summed E-state index contributed by atoms with van der Waals surface area (Å²) in [5, 5.41) is 14.0. The topological polar surface area (TPSA) is 74.9 Å². The first-order valence-electron chi connectivity index (χ1n) is 9.50. The molecule has 144 valence electrons. The van der Waals surface area contributed by atoms with Crippen molar-refractivity contribution < 1.29 is 19.1 Å². The highest BCUT2D eigenvalue weighted by Gasteiger charge is 2.49. The lowest BCUT2D eigenvalue weighted by molar-refractivity contribution is -0.126. The normalized spacial score (nSPS) is 27.5. The lowest BCUT2D eigenvalue weighted by Crippen LogP contribution is -2.52. The Morgan fingerprint density at radius 1 is 1.26 bits per heavy atom. The summed E-state index contributed by atoms with van der Waals surface area (Å²) in [5.41, 5.74) is 0.0434. The Labute approximate surface area is 159 Å². The third kappa shape index (κ3) is 3.59. The molecule has 3 heterocycles. The molecule has 0 saturated carbocycles. The molecular formula is C21H26N2O4. The molecule has 2 saturated heterocycles. The van der Waals surface area contributed by atoms with Crippen molar-refractivity contribution in [1.82, 2.24) is 10.2 Å². The van der Waals surface area contributed by atoms with Crippen LogP contribution in [0.15, 0.2) is 47.1 Å². The molecule has 27 heavy (non-hydrogen) atoms. The molecule has 2 atom stereocenters. The van der Waals surface area contributed by atoms with Gasteiger partial charge in [-0.25, -0.2) is 0 Å². The molecule has 2 fully saturated rings. The molecule has 1 amide bonds. The molecule has 1 aromatic carbocycles. The van der Waals surface area contributed by atoms with Crippen molar-refractivity contribution in [2.75, 3.05) is 13.7 Å². The van der Waals surface area contributed by atoms with Crippen LogP contribution in [0, 0.1) is 0 Å². The monoisotopic (exact) mass is 370 g/mol. The van der Waals surface area contributed by atoms with Gasteiger partial charge in [-0.15, -0.1) is 0 Å². The average Bonchev–Trinajstić information content (AvgIpc) is 3.29. The largest absolute Gasteiger partial charge is 0.496 e. The van der Waals surface area contributed by atoms with E-state index in [1.54, 1.807) is 13.4 Å². The highest BCUT2D eigenvalue weighted by atomic mass is 16.5. The number of nitrogens with one attached hydrogen (secondary N) is 1. The summed E-state index contributed by atoms with van der Waals surface area (Å²) >= 11 is 0. The van der Waals surface area contributed by atoms with Gasteiger partial charge in [0.25, 0.3) is 0 Å². The molecule has 0 spiro atoms. The molecule has 2 bridgehead atoms. The first-order chi connectivity index (χ1) is 13.1. The fraction of sp³-hybridized carbons (Fsp3) is 0.476. The Kier molecular flexibility index (Phi) is 4.93. The molecule has 2 unspecified atom stereocenters. The van der Waals surface area contributed by atoms with Crippen molar-refractivity contribution in [1.29, 1.82) is 0 Å². The predicted molar refractivity (Wildman–Crippen MR) is 100 cm³/mol. The standard InChI is InChI=1S/C21H26N2O4/c1-26-18-6-3-2-5-15(18)13-22-20(24)14-23-16-8-9-17(23)12-21(25,11-16)19-7-4-10-27-19/h2-7,10,16-17,25H,8-9,11-14H2,1H3,(H,22,24). The van der Waals surface area contributed by atoms with Crippen LogP contribution in [0.5, 0.6) is 5.75 Å². The van der Waals surface area contributed by atoms with Crippen LogP contribution in [0.2, 0.25) is 0 Å². The lowest BCUT2D eigenvalue weighted by Gasteiger charge is -2.42. The molecule has 4 rings (SSSR count). The highest BCUT2D eigenvalue weighted by molar-refractivity contribution is 5.78. The average molecular weight is 370 g/mol. The van der Waals surface area contributed by atoms with E-state index >= 15 is 0 Å². The van der Waals surface area contributed by atoms with Gasteiger partial charge in [-0.2, -0.15) is 0 Å². The highest BCUT2D eigenvalue weighted by Crippen LogP contribution is 2.45. The number of furan rings is 1. The van der Waals surface area contributed by atoms with Gasteiger partial charge in [0.05, 0.1) is 19.9 Å². The molecule has 2 aromatic rings. The third-order valence-electron chi connectivity index (χ3n) is 5.89. The Morgan fingerprint density at radius 3 is 2.67 bits per heavy atom. The van der Waals surface area contributed by atoms with Crippen molar-refractivity contribution in [3.63, 3.8) is 0 Å². The van der Waals surface area contributed by atoms with Crippen molar-refractivity contribution in [2.45, 2.75) is 49.9 Å².